The van der Waals surface area contributed by atoms with Crippen molar-refractivity contribution in [2.75, 3.05) is 48.3 Å². The van der Waals surface area contributed by atoms with Crippen LogP contribution in [0.2, 0.25) is 0 Å². The van der Waals surface area contributed by atoms with Gasteiger partial charge in [0.1, 0.15) is 29.8 Å². The molecule has 8 rings (SSSR count). The van der Waals surface area contributed by atoms with Gasteiger partial charge in [-0.25, -0.2) is 4.68 Å². The number of ether oxygens (including phenoxy) is 3. The first-order chi connectivity index (χ1) is 27.1. The fourth-order valence-corrected chi connectivity index (χ4v) is 8.45. The normalized spacial score (nSPS) is 22.2. The van der Waals surface area contributed by atoms with Crippen LogP contribution in [0.15, 0.2) is 60.9 Å². The number of nitrogens with one attached hydrogen (secondary N) is 1. The number of piperidine rings is 1. The Bertz CT molecular complexity index is 2150. The number of imide groups is 1. The van der Waals surface area contributed by atoms with E-state index < -0.39 is 12.3 Å². The summed E-state index contributed by atoms with van der Waals surface area (Å²) in [5.41, 5.74) is 10.6. The maximum Gasteiger partial charge on any atom is 0.305 e. The van der Waals surface area contributed by atoms with Crippen LogP contribution in [0.1, 0.15) is 63.9 Å². The van der Waals surface area contributed by atoms with Crippen molar-refractivity contribution in [1.82, 2.24) is 30.2 Å². The fraction of sp³-hybridized carbons (Fsp3) is 0.425. The number of esters is 1. The second kappa shape index (κ2) is 15.6. The van der Waals surface area contributed by atoms with Gasteiger partial charge in [-0.15, -0.1) is 10.2 Å². The summed E-state index contributed by atoms with van der Waals surface area (Å²) in [6, 6.07) is 15.1. The largest absolute Gasteiger partial charge is 0.489 e. The van der Waals surface area contributed by atoms with Crippen molar-refractivity contribution >= 4 is 40.9 Å². The SMILES string of the molecule is CC(=O)OC(C)Oc1ccccc1-c1cc(-n2cc(N3CCN(C4CCC(c5cccc6c5OCCN6[C@H]5CCC(=O)NC5=O)CC4)CC3=O)cn2)c(N)nn1. The van der Waals surface area contributed by atoms with Crippen LogP contribution in [0.25, 0.3) is 16.9 Å². The Balaban J connectivity index is 0.900. The molecule has 0 bridgehead atoms. The molecule has 4 aliphatic rings. The molecule has 2 aromatic heterocycles. The highest BCUT2D eigenvalue weighted by Gasteiger charge is 2.38. The summed E-state index contributed by atoms with van der Waals surface area (Å²) >= 11 is 0. The summed E-state index contributed by atoms with van der Waals surface area (Å²) in [5, 5.41) is 15.5. The molecule has 5 heterocycles. The van der Waals surface area contributed by atoms with Crippen molar-refractivity contribution in [3.63, 3.8) is 0 Å². The number of hydrogen-bond donors (Lipinski definition) is 2. The minimum absolute atomic E-state index is 0.00600. The second-order valence-electron chi connectivity index (χ2n) is 14.7. The van der Waals surface area contributed by atoms with Crippen LogP contribution in [-0.4, -0.2) is 99.7 Å². The molecule has 2 atom stereocenters. The number of benzene rings is 2. The Hall–Kier alpha value is -6.03. The van der Waals surface area contributed by atoms with Crippen LogP contribution in [0.5, 0.6) is 11.5 Å². The molecule has 16 nitrogen and oxygen atoms in total. The van der Waals surface area contributed by atoms with Gasteiger partial charge in [-0.2, -0.15) is 5.10 Å². The number of nitrogens with two attached hydrogens (primary N) is 1. The lowest BCUT2D eigenvalue weighted by Crippen LogP contribution is -2.54. The highest BCUT2D eigenvalue weighted by molar-refractivity contribution is 6.02. The monoisotopic (exact) mass is 763 g/mol. The molecule has 2 aromatic carbocycles. The number of hydrogen-bond acceptors (Lipinski definition) is 13. The van der Waals surface area contributed by atoms with Crippen molar-refractivity contribution in [3.05, 3.63) is 66.5 Å². The molecule has 1 aliphatic carbocycles. The number of piperazine rings is 1. The zero-order valence-corrected chi connectivity index (χ0v) is 31.4. The van der Waals surface area contributed by atoms with E-state index in [0.717, 1.165) is 43.7 Å². The van der Waals surface area contributed by atoms with E-state index in [1.807, 2.05) is 24.3 Å². The topological polar surface area (TPSA) is 187 Å². The molecule has 56 heavy (non-hydrogen) atoms. The molecule has 0 radical (unpaired) electrons. The van der Waals surface area contributed by atoms with E-state index in [1.165, 1.54) is 12.5 Å². The van der Waals surface area contributed by atoms with Gasteiger partial charge >= 0.3 is 5.97 Å². The maximum atomic E-state index is 13.6. The Morgan fingerprint density at radius 3 is 2.59 bits per heavy atom. The van der Waals surface area contributed by atoms with Crippen molar-refractivity contribution in [2.24, 2.45) is 0 Å². The molecule has 16 heteroatoms. The van der Waals surface area contributed by atoms with Gasteiger partial charge in [0.25, 0.3) is 0 Å². The first kappa shape index (κ1) is 36.9. The summed E-state index contributed by atoms with van der Waals surface area (Å²) in [4.78, 5) is 55.7. The highest BCUT2D eigenvalue weighted by atomic mass is 16.7. The van der Waals surface area contributed by atoms with Gasteiger partial charge in [-0.05, 0) is 67.9 Å². The minimum atomic E-state index is -0.812. The molecule has 1 saturated carbocycles. The van der Waals surface area contributed by atoms with Crippen molar-refractivity contribution in [2.45, 2.75) is 76.7 Å². The summed E-state index contributed by atoms with van der Waals surface area (Å²) in [6.07, 6.45) is 7.30. The van der Waals surface area contributed by atoms with E-state index >= 15 is 0 Å². The van der Waals surface area contributed by atoms with Gasteiger partial charge in [-0.3, -0.25) is 29.4 Å². The first-order valence-electron chi connectivity index (χ1n) is 19.1. The van der Waals surface area contributed by atoms with E-state index in [0.29, 0.717) is 79.4 Å². The van der Waals surface area contributed by atoms with Crippen molar-refractivity contribution < 1.29 is 33.4 Å². The molecule has 1 unspecified atom stereocenters. The van der Waals surface area contributed by atoms with Crippen LogP contribution >= 0.6 is 0 Å². The number of nitrogen functional groups attached to an aromatic ring is 1. The zero-order valence-electron chi connectivity index (χ0n) is 31.4. The fourth-order valence-electron chi connectivity index (χ4n) is 8.45. The summed E-state index contributed by atoms with van der Waals surface area (Å²) in [5.74, 6) is 0.866. The Kier molecular flexibility index (Phi) is 10.3. The summed E-state index contributed by atoms with van der Waals surface area (Å²) in [6.45, 7) is 5.61. The van der Waals surface area contributed by atoms with E-state index in [-0.39, 0.29) is 29.6 Å². The van der Waals surface area contributed by atoms with E-state index in [1.54, 1.807) is 47.1 Å². The number of nitrogens with zero attached hydrogens (tertiary/aromatic N) is 7. The third-order valence-corrected chi connectivity index (χ3v) is 11.1. The lowest BCUT2D eigenvalue weighted by Gasteiger charge is -2.42. The smallest absolute Gasteiger partial charge is 0.305 e. The van der Waals surface area contributed by atoms with Gasteiger partial charge < -0.3 is 29.7 Å². The Morgan fingerprint density at radius 1 is 0.982 bits per heavy atom. The van der Waals surface area contributed by atoms with Crippen molar-refractivity contribution in [3.8, 4) is 28.4 Å². The third-order valence-electron chi connectivity index (χ3n) is 11.1. The molecule has 3 aliphatic heterocycles. The van der Waals surface area contributed by atoms with Gasteiger partial charge in [-0.1, -0.05) is 24.3 Å². The number of carbonyl (C=O) groups is 4. The number of amides is 3. The average Bonchev–Trinajstić information content (AvgIpc) is 3.68. The maximum absolute atomic E-state index is 13.6. The Labute approximate surface area is 323 Å². The Morgan fingerprint density at radius 2 is 1.80 bits per heavy atom. The van der Waals surface area contributed by atoms with Gasteiger partial charge in [0.15, 0.2) is 5.82 Å². The molecule has 292 valence electrons. The van der Waals surface area contributed by atoms with Gasteiger partial charge in [0, 0.05) is 45.0 Å². The zero-order chi connectivity index (χ0) is 38.9. The van der Waals surface area contributed by atoms with Crippen LogP contribution in [0.3, 0.4) is 0 Å². The van der Waals surface area contributed by atoms with Crippen LogP contribution in [0.4, 0.5) is 17.2 Å². The number of anilines is 3. The molecule has 3 N–H and O–H groups in total. The van der Waals surface area contributed by atoms with Gasteiger partial charge in [0.2, 0.25) is 24.0 Å². The van der Waals surface area contributed by atoms with E-state index in [4.69, 9.17) is 19.9 Å². The number of aromatic nitrogens is 4. The lowest BCUT2D eigenvalue weighted by molar-refractivity contribution is -0.158. The van der Waals surface area contributed by atoms with E-state index in [2.05, 4.69) is 36.5 Å². The molecular weight excluding hydrogens is 718 g/mol. The number of carbonyl (C=O) groups excluding carboxylic acids is 4. The molecule has 4 aromatic rings. The first-order valence-corrected chi connectivity index (χ1v) is 19.1. The van der Waals surface area contributed by atoms with Crippen molar-refractivity contribution in [1.29, 1.82) is 0 Å². The molecule has 2 saturated heterocycles. The van der Waals surface area contributed by atoms with Gasteiger partial charge in [0.05, 0.1) is 42.6 Å². The number of para-hydroxylation sites is 2. The lowest BCUT2D eigenvalue weighted by atomic mass is 9.80. The molecule has 3 fully saturated rings. The molecular formula is C40H45N9O7. The molecule has 0 spiro atoms. The van der Waals surface area contributed by atoms with Crippen LogP contribution in [0, 0.1) is 0 Å². The summed E-state index contributed by atoms with van der Waals surface area (Å²) in [7, 11) is 0. The summed E-state index contributed by atoms with van der Waals surface area (Å²) < 4.78 is 18.8. The van der Waals surface area contributed by atoms with E-state index in [9.17, 15) is 19.2 Å². The second-order valence-corrected chi connectivity index (χ2v) is 14.7. The third kappa shape index (κ3) is 7.48. The molecule has 3 amide bonds. The average molecular weight is 764 g/mol. The standard InChI is InChI=1S/C40H45N9O7/c1-24(50)55-25(2)56-35-9-4-3-6-30(35)31-20-34(39(41)45-44-31)49-22-28(21-42-49)47-17-16-46(23-37(47)52)27-12-10-26(11-13-27)29-7-5-8-32-38(29)54-19-18-48(32)33-14-15-36(51)43-40(33)53/h3-9,20-22,25-27,33H,10-19,23H2,1-2H3,(H2,41,45)(H,43,51,53)/t25?,26?,27?,33-/m0/s1. The van der Waals surface area contributed by atoms with Crippen LogP contribution < -0.4 is 30.3 Å². The quantitative estimate of drug-likeness (QED) is 0.143. The highest BCUT2D eigenvalue weighted by Crippen LogP contribution is 2.45. The number of fused-ring (bicyclic) bond motifs is 1. The predicted molar refractivity (Wildman–Crippen MR) is 205 cm³/mol. The van der Waals surface area contributed by atoms with Crippen LogP contribution in [-0.2, 0) is 23.9 Å². The number of rotatable bonds is 9. The minimum Gasteiger partial charge on any atom is -0.489 e. The predicted octanol–water partition coefficient (Wildman–Crippen LogP) is 3.58.